The maximum absolute atomic E-state index is 12.5. The van der Waals surface area contributed by atoms with Gasteiger partial charge < -0.3 is 10.0 Å². The van der Waals surface area contributed by atoms with Crippen LogP contribution in [-0.4, -0.2) is 43.5 Å². The summed E-state index contributed by atoms with van der Waals surface area (Å²) in [5.74, 6) is -1.59. The quantitative estimate of drug-likeness (QED) is 0.847. The number of pyridine rings is 1. The van der Waals surface area contributed by atoms with Gasteiger partial charge in [0.05, 0.1) is 19.1 Å². The highest BCUT2D eigenvalue weighted by molar-refractivity contribution is 5.79. The fourth-order valence-corrected chi connectivity index (χ4v) is 2.33. The van der Waals surface area contributed by atoms with Crippen LogP contribution in [0.2, 0.25) is 0 Å². The van der Waals surface area contributed by atoms with Gasteiger partial charge in [0.2, 0.25) is 11.7 Å². The predicted octanol–water partition coefficient (Wildman–Crippen LogP) is 2.40. The largest absolute Gasteiger partial charge is 0.451 e. The molecule has 0 spiro atoms. The average Bonchev–Trinajstić information content (AvgIpc) is 2.59. The van der Waals surface area contributed by atoms with Gasteiger partial charge in [-0.25, -0.2) is 9.97 Å². The van der Waals surface area contributed by atoms with Gasteiger partial charge in [0.25, 0.3) is 0 Å². The average molecular weight is 368 g/mol. The van der Waals surface area contributed by atoms with Gasteiger partial charge in [-0.15, -0.1) is 0 Å². The molecule has 0 radical (unpaired) electrons. The SMILES string of the molecule is CC(C)N(CC(O)c1cccnc1)C(=O)Cc1cnc(C(F)(F)F)nc1. The van der Waals surface area contributed by atoms with Crippen molar-refractivity contribution in [2.45, 2.75) is 38.6 Å². The third-order valence-electron chi connectivity index (χ3n) is 3.70. The zero-order chi connectivity index (χ0) is 19.3. The summed E-state index contributed by atoms with van der Waals surface area (Å²) in [7, 11) is 0. The highest BCUT2D eigenvalue weighted by atomic mass is 19.4. The lowest BCUT2D eigenvalue weighted by atomic mass is 10.1. The van der Waals surface area contributed by atoms with E-state index in [1.807, 2.05) is 0 Å². The molecule has 0 saturated heterocycles. The van der Waals surface area contributed by atoms with Gasteiger partial charge in [-0.2, -0.15) is 13.2 Å². The molecular weight excluding hydrogens is 349 g/mol. The fourth-order valence-electron chi connectivity index (χ4n) is 2.33. The smallest absolute Gasteiger partial charge is 0.386 e. The summed E-state index contributed by atoms with van der Waals surface area (Å²) >= 11 is 0. The Kier molecular flexibility index (Phi) is 6.25. The zero-order valence-electron chi connectivity index (χ0n) is 14.3. The number of halogens is 3. The number of aliphatic hydroxyl groups is 1. The number of hydrogen-bond donors (Lipinski definition) is 1. The van der Waals surface area contributed by atoms with E-state index in [4.69, 9.17) is 0 Å². The van der Waals surface area contributed by atoms with Crippen LogP contribution < -0.4 is 0 Å². The number of carbonyl (C=O) groups is 1. The number of aromatic nitrogens is 3. The second-order valence-corrected chi connectivity index (χ2v) is 6.03. The third kappa shape index (κ3) is 5.22. The number of aliphatic hydroxyl groups excluding tert-OH is 1. The summed E-state index contributed by atoms with van der Waals surface area (Å²) in [5.41, 5.74) is 0.841. The van der Waals surface area contributed by atoms with E-state index in [1.165, 1.54) is 11.1 Å². The molecule has 1 N–H and O–H groups in total. The molecule has 9 heteroatoms. The minimum atomic E-state index is -4.62. The molecule has 140 valence electrons. The highest BCUT2D eigenvalue weighted by Gasteiger charge is 2.34. The molecule has 6 nitrogen and oxygen atoms in total. The van der Waals surface area contributed by atoms with E-state index >= 15 is 0 Å². The van der Waals surface area contributed by atoms with Crippen molar-refractivity contribution in [3.63, 3.8) is 0 Å². The summed E-state index contributed by atoms with van der Waals surface area (Å²) in [5, 5.41) is 10.3. The van der Waals surface area contributed by atoms with Crippen LogP contribution in [0.5, 0.6) is 0 Å². The van der Waals surface area contributed by atoms with Gasteiger partial charge in [-0.3, -0.25) is 9.78 Å². The second kappa shape index (κ2) is 8.22. The van der Waals surface area contributed by atoms with Crippen LogP contribution in [0.4, 0.5) is 13.2 Å². The molecular formula is C17H19F3N4O2. The molecule has 0 aliphatic heterocycles. The molecule has 26 heavy (non-hydrogen) atoms. The monoisotopic (exact) mass is 368 g/mol. The summed E-state index contributed by atoms with van der Waals surface area (Å²) in [6.45, 7) is 3.62. The highest BCUT2D eigenvalue weighted by Crippen LogP contribution is 2.25. The van der Waals surface area contributed by atoms with Gasteiger partial charge in [0.1, 0.15) is 0 Å². The Morgan fingerprint density at radius 2 is 1.88 bits per heavy atom. The minimum Gasteiger partial charge on any atom is -0.386 e. The number of rotatable bonds is 6. The van der Waals surface area contributed by atoms with E-state index in [1.54, 1.807) is 32.2 Å². The first-order chi connectivity index (χ1) is 12.2. The van der Waals surface area contributed by atoms with Gasteiger partial charge in [-0.1, -0.05) is 6.07 Å². The van der Waals surface area contributed by atoms with Crippen LogP contribution in [0.1, 0.15) is 36.9 Å². The Balaban J connectivity index is 2.06. The maximum atomic E-state index is 12.5. The van der Waals surface area contributed by atoms with Crippen molar-refractivity contribution in [2.75, 3.05) is 6.54 Å². The van der Waals surface area contributed by atoms with E-state index < -0.39 is 18.1 Å². The first-order valence-electron chi connectivity index (χ1n) is 7.94. The van der Waals surface area contributed by atoms with E-state index in [2.05, 4.69) is 15.0 Å². The maximum Gasteiger partial charge on any atom is 0.451 e. The van der Waals surface area contributed by atoms with Crippen molar-refractivity contribution in [1.82, 2.24) is 19.9 Å². The predicted molar refractivity (Wildman–Crippen MR) is 86.8 cm³/mol. The van der Waals surface area contributed by atoms with Crippen molar-refractivity contribution in [3.05, 3.63) is 53.9 Å². The van der Waals surface area contributed by atoms with Crippen LogP contribution in [-0.2, 0) is 17.4 Å². The number of hydrogen-bond acceptors (Lipinski definition) is 5. The lowest BCUT2D eigenvalue weighted by Crippen LogP contribution is -2.40. The minimum absolute atomic E-state index is 0.0453. The summed E-state index contributed by atoms with van der Waals surface area (Å²) < 4.78 is 37.5. The molecule has 0 saturated carbocycles. The normalized spacial score (nSPS) is 12.9. The van der Waals surface area contributed by atoms with Crippen LogP contribution in [0.25, 0.3) is 0 Å². The van der Waals surface area contributed by atoms with E-state index in [0.29, 0.717) is 5.56 Å². The van der Waals surface area contributed by atoms with E-state index in [-0.39, 0.29) is 30.5 Å². The second-order valence-electron chi connectivity index (χ2n) is 6.03. The molecule has 2 heterocycles. The van der Waals surface area contributed by atoms with Gasteiger partial charge in [0.15, 0.2) is 0 Å². The van der Waals surface area contributed by atoms with Crippen molar-refractivity contribution < 1.29 is 23.1 Å². The lowest BCUT2D eigenvalue weighted by Gasteiger charge is -2.29. The molecule has 1 unspecified atom stereocenters. The van der Waals surface area contributed by atoms with Crippen molar-refractivity contribution in [1.29, 1.82) is 0 Å². The first-order valence-corrected chi connectivity index (χ1v) is 7.94. The Morgan fingerprint density at radius 3 is 2.38 bits per heavy atom. The Labute approximate surface area is 148 Å². The molecule has 0 bridgehead atoms. The fraction of sp³-hybridized carbons (Fsp3) is 0.412. The molecule has 0 aromatic carbocycles. The molecule has 0 aliphatic carbocycles. The zero-order valence-corrected chi connectivity index (χ0v) is 14.3. The van der Waals surface area contributed by atoms with E-state index in [9.17, 15) is 23.1 Å². The summed E-state index contributed by atoms with van der Waals surface area (Å²) in [6.07, 6.45) is -0.632. The number of nitrogens with zero attached hydrogens (tertiary/aromatic N) is 4. The molecule has 0 fully saturated rings. The third-order valence-corrected chi connectivity index (χ3v) is 3.70. The van der Waals surface area contributed by atoms with E-state index in [0.717, 1.165) is 12.4 Å². The molecule has 2 aromatic rings. The topological polar surface area (TPSA) is 79.2 Å². The number of alkyl halides is 3. The van der Waals surface area contributed by atoms with Crippen molar-refractivity contribution >= 4 is 5.91 Å². The Morgan fingerprint density at radius 1 is 1.23 bits per heavy atom. The van der Waals surface area contributed by atoms with Crippen molar-refractivity contribution in [3.8, 4) is 0 Å². The number of carbonyl (C=O) groups excluding carboxylic acids is 1. The van der Waals surface area contributed by atoms with Crippen molar-refractivity contribution in [2.24, 2.45) is 0 Å². The van der Waals surface area contributed by atoms with Crippen LogP contribution in [0.15, 0.2) is 36.9 Å². The van der Waals surface area contributed by atoms with Crippen LogP contribution >= 0.6 is 0 Å². The van der Waals surface area contributed by atoms with Crippen LogP contribution in [0, 0.1) is 0 Å². The van der Waals surface area contributed by atoms with Gasteiger partial charge >= 0.3 is 6.18 Å². The first kappa shape index (κ1) is 19.8. The van der Waals surface area contributed by atoms with Crippen LogP contribution in [0.3, 0.4) is 0 Å². The summed E-state index contributed by atoms with van der Waals surface area (Å²) in [6, 6.07) is 3.17. The molecule has 2 rings (SSSR count). The Hall–Kier alpha value is -2.55. The molecule has 0 aliphatic rings. The standard InChI is InChI=1S/C17H19F3N4O2/c1-11(2)24(10-14(25)13-4-3-5-21-9-13)15(26)6-12-7-22-16(23-8-12)17(18,19)20/h3-5,7-9,11,14,25H,6,10H2,1-2H3. The Bertz CT molecular complexity index is 721. The molecule has 1 atom stereocenters. The molecule has 2 aromatic heterocycles. The lowest BCUT2D eigenvalue weighted by molar-refractivity contribution is -0.145. The summed E-state index contributed by atoms with van der Waals surface area (Å²) in [4.78, 5) is 24.4. The van der Waals surface area contributed by atoms with Gasteiger partial charge in [0, 0.05) is 36.4 Å². The number of amides is 1. The molecule has 1 amide bonds. The van der Waals surface area contributed by atoms with Gasteiger partial charge in [-0.05, 0) is 25.5 Å².